The molecule has 3 aliphatic heterocycles. The molecule has 5 unspecified atom stereocenters. The molecule has 2 N–H and O–H groups in total. The van der Waals surface area contributed by atoms with Crippen LogP contribution in [0.3, 0.4) is 0 Å². The van der Waals surface area contributed by atoms with Crippen molar-refractivity contribution in [3.8, 4) is 0 Å². The molecule has 3 rings (SSSR count). The molecule has 0 aliphatic carbocycles. The number of nitrogens with two attached hydrogens (primary N) is 1. The van der Waals surface area contributed by atoms with Crippen molar-refractivity contribution in [1.82, 2.24) is 9.80 Å². The third kappa shape index (κ3) is 2.22. The molecule has 3 saturated heterocycles. The Hall–Kier alpha value is -0.120. The first-order valence-electron chi connectivity index (χ1n) is 8.79. The topological polar surface area (TPSA) is 32.5 Å². The van der Waals surface area contributed by atoms with E-state index in [2.05, 4.69) is 30.6 Å². The van der Waals surface area contributed by atoms with E-state index in [1.807, 2.05) is 0 Å². The van der Waals surface area contributed by atoms with Crippen LogP contribution in [0.4, 0.5) is 0 Å². The van der Waals surface area contributed by atoms with Crippen LogP contribution in [0.1, 0.15) is 52.9 Å². The van der Waals surface area contributed by atoms with E-state index in [1.165, 1.54) is 51.7 Å². The van der Waals surface area contributed by atoms with Crippen LogP contribution in [0.15, 0.2) is 0 Å². The molecule has 3 nitrogen and oxygen atoms in total. The second-order valence-corrected chi connectivity index (χ2v) is 7.82. The van der Waals surface area contributed by atoms with Gasteiger partial charge in [0.05, 0.1) is 5.54 Å². The first-order chi connectivity index (χ1) is 9.58. The molecule has 0 amide bonds. The van der Waals surface area contributed by atoms with Crippen molar-refractivity contribution in [1.29, 1.82) is 0 Å². The van der Waals surface area contributed by atoms with Crippen LogP contribution in [0, 0.1) is 11.8 Å². The van der Waals surface area contributed by atoms with Crippen molar-refractivity contribution in [3.05, 3.63) is 0 Å². The number of hydrogen-bond donors (Lipinski definition) is 1. The fourth-order valence-electron chi connectivity index (χ4n) is 5.36. The van der Waals surface area contributed by atoms with Crippen LogP contribution < -0.4 is 5.73 Å². The Bertz CT molecular complexity index is 345. The van der Waals surface area contributed by atoms with E-state index >= 15 is 0 Å². The summed E-state index contributed by atoms with van der Waals surface area (Å²) < 4.78 is 0. The summed E-state index contributed by atoms with van der Waals surface area (Å²) >= 11 is 0. The van der Waals surface area contributed by atoms with Gasteiger partial charge in [0, 0.05) is 31.7 Å². The van der Waals surface area contributed by atoms with Gasteiger partial charge in [-0.05, 0) is 51.0 Å². The summed E-state index contributed by atoms with van der Waals surface area (Å²) in [6, 6.07) is 1.41. The summed E-state index contributed by atoms with van der Waals surface area (Å²) in [5.41, 5.74) is 6.66. The van der Waals surface area contributed by atoms with Gasteiger partial charge in [-0.25, -0.2) is 0 Å². The standard InChI is InChI=1S/C17H33N3/c1-13-10-14(2)15(3)20(11-13)17(12-18)7-9-19-8-5-4-6-16(17)19/h13-16H,4-12,18H2,1-3H3. The molecule has 20 heavy (non-hydrogen) atoms. The zero-order chi connectivity index (χ0) is 14.3. The van der Waals surface area contributed by atoms with Gasteiger partial charge in [0.2, 0.25) is 0 Å². The number of likely N-dealkylation sites (tertiary alicyclic amines) is 1. The molecular weight excluding hydrogens is 246 g/mol. The van der Waals surface area contributed by atoms with Crippen LogP contribution in [0.25, 0.3) is 0 Å². The zero-order valence-electron chi connectivity index (χ0n) is 13.6. The number of piperidine rings is 2. The Morgan fingerprint density at radius 2 is 1.95 bits per heavy atom. The Labute approximate surface area is 124 Å². The minimum Gasteiger partial charge on any atom is -0.329 e. The molecule has 0 saturated carbocycles. The van der Waals surface area contributed by atoms with E-state index in [4.69, 9.17) is 5.73 Å². The lowest BCUT2D eigenvalue weighted by Gasteiger charge is -2.54. The molecular formula is C17H33N3. The van der Waals surface area contributed by atoms with Gasteiger partial charge in [0.1, 0.15) is 0 Å². The van der Waals surface area contributed by atoms with Crippen LogP contribution in [-0.2, 0) is 0 Å². The fraction of sp³-hybridized carbons (Fsp3) is 1.00. The minimum atomic E-state index is 0.267. The smallest absolute Gasteiger partial charge is 0.0501 e. The van der Waals surface area contributed by atoms with E-state index in [0.29, 0.717) is 6.04 Å². The van der Waals surface area contributed by atoms with Gasteiger partial charge >= 0.3 is 0 Å². The maximum Gasteiger partial charge on any atom is 0.0501 e. The van der Waals surface area contributed by atoms with Crippen LogP contribution in [0.2, 0.25) is 0 Å². The predicted octanol–water partition coefficient (Wildman–Crippen LogP) is 2.31. The van der Waals surface area contributed by atoms with E-state index in [-0.39, 0.29) is 5.54 Å². The highest BCUT2D eigenvalue weighted by Gasteiger charge is 2.53. The second-order valence-electron chi connectivity index (χ2n) is 7.82. The lowest BCUT2D eigenvalue weighted by atomic mass is 9.77. The lowest BCUT2D eigenvalue weighted by molar-refractivity contribution is -0.0402. The molecule has 3 aliphatic rings. The number of rotatable bonds is 2. The molecule has 0 aromatic heterocycles. The highest BCUT2D eigenvalue weighted by molar-refractivity contribution is 5.11. The van der Waals surface area contributed by atoms with E-state index in [0.717, 1.165) is 24.4 Å². The highest BCUT2D eigenvalue weighted by atomic mass is 15.3. The highest BCUT2D eigenvalue weighted by Crippen LogP contribution is 2.43. The van der Waals surface area contributed by atoms with Gasteiger partial charge < -0.3 is 5.73 Å². The average molecular weight is 279 g/mol. The number of fused-ring (bicyclic) bond motifs is 1. The van der Waals surface area contributed by atoms with Crippen molar-refractivity contribution in [2.45, 2.75) is 70.5 Å². The summed E-state index contributed by atoms with van der Waals surface area (Å²) in [6.45, 7) is 12.0. The van der Waals surface area contributed by atoms with Gasteiger partial charge in [-0.1, -0.05) is 20.3 Å². The van der Waals surface area contributed by atoms with Gasteiger partial charge in [0.25, 0.3) is 0 Å². The Morgan fingerprint density at radius 3 is 2.70 bits per heavy atom. The molecule has 0 radical (unpaired) electrons. The molecule has 0 spiro atoms. The maximum atomic E-state index is 6.39. The zero-order valence-corrected chi connectivity index (χ0v) is 13.6. The minimum absolute atomic E-state index is 0.267. The lowest BCUT2D eigenvalue weighted by Crippen LogP contribution is -2.66. The SMILES string of the molecule is CC1CC(C)C(C)N(C2(CN)CCN3CCCCC32)C1. The summed E-state index contributed by atoms with van der Waals surface area (Å²) in [5, 5.41) is 0. The molecule has 3 heterocycles. The van der Waals surface area contributed by atoms with Crippen molar-refractivity contribution in [2.75, 3.05) is 26.2 Å². The molecule has 3 fully saturated rings. The van der Waals surface area contributed by atoms with Crippen LogP contribution >= 0.6 is 0 Å². The van der Waals surface area contributed by atoms with E-state index < -0.39 is 0 Å². The first kappa shape index (κ1) is 14.8. The van der Waals surface area contributed by atoms with Crippen molar-refractivity contribution in [3.63, 3.8) is 0 Å². The Morgan fingerprint density at radius 1 is 1.15 bits per heavy atom. The summed E-state index contributed by atoms with van der Waals surface area (Å²) in [4.78, 5) is 5.58. The third-order valence-corrected chi connectivity index (χ3v) is 6.59. The van der Waals surface area contributed by atoms with E-state index in [9.17, 15) is 0 Å². The van der Waals surface area contributed by atoms with Gasteiger partial charge in [-0.3, -0.25) is 9.80 Å². The second kappa shape index (κ2) is 5.58. The Balaban J connectivity index is 1.87. The van der Waals surface area contributed by atoms with Crippen LogP contribution in [0.5, 0.6) is 0 Å². The number of nitrogens with zero attached hydrogens (tertiary/aromatic N) is 2. The summed E-state index contributed by atoms with van der Waals surface area (Å²) in [6.07, 6.45) is 6.82. The van der Waals surface area contributed by atoms with E-state index in [1.54, 1.807) is 0 Å². The maximum absolute atomic E-state index is 6.39. The predicted molar refractivity (Wildman–Crippen MR) is 84.7 cm³/mol. The largest absolute Gasteiger partial charge is 0.329 e. The first-order valence-corrected chi connectivity index (χ1v) is 8.79. The van der Waals surface area contributed by atoms with Crippen molar-refractivity contribution < 1.29 is 0 Å². The quantitative estimate of drug-likeness (QED) is 0.842. The molecule has 0 aromatic rings. The molecule has 0 aromatic carbocycles. The Kier molecular flexibility index (Phi) is 4.13. The molecule has 116 valence electrons. The van der Waals surface area contributed by atoms with Crippen molar-refractivity contribution >= 4 is 0 Å². The molecule has 3 heteroatoms. The normalized spacial score (nSPS) is 47.4. The number of hydrogen-bond acceptors (Lipinski definition) is 3. The third-order valence-electron chi connectivity index (χ3n) is 6.59. The van der Waals surface area contributed by atoms with Crippen LogP contribution in [-0.4, -0.2) is 53.6 Å². The molecule has 5 atom stereocenters. The summed E-state index contributed by atoms with van der Waals surface area (Å²) in [7, 11) is 0. The monoisotopic (exact) mass is 279 g/mol. The van der Waals surface area contributed by atoms with Crippen molar-refractivity contribution in [2.24, 2.45) is 17.6 Å². The van der Waals surface area contributed by atoms with Gasteiger partial charge in [0.15, 0.2) is 0 Å². The van der Waals surface area contributed by atoms with Gasteiger partial charge in [-0.15, -0.1) is 0 Å². The average Bonchev–Trinajstić information content (AvgIpc) is 2.83. The molecule has 0 bridgehead atoms. The summed E-state index contributed by atoms with van der Waals surface area (Å²) in [5.74, 6) is 1.63. The van der Waals surface area contributed by atoms with Gasteiger partial charge in [-0.2, -0.15) is 0 Å². The fourth-order valence-corrected chi connectivity index (χ4v) is 5.36.